The van der Waals surface area contributed by atoms with Gasteiger partial charge in [-0.05, 0) is 49.9 Å². The molecule has 3 atom stereocenters. The zero-order valence-corrected chi connectivity index (χ0v) is 14.6. The molecular weight excluding hydrogens is 314 g/mol. The lowest BCUT2D eigenvalue weighted by atomic mass is 9.96. The van der Waals surface area contributed by atoms with Gasteiger partial charge in [0.2, 0.25) is 10.0 Å². The summed E-state index contributed by atoms with van der Waals surface area (Å²) in [6.45, 7) is 5.02. The molecule has 2 aliphatic rings. The minimum atomic E-state index is -3.57. The Bertz CT molecular complexity index is 673. The van der Waals surface area contributed by atoms with Crippen LogP contribution >= 0.6 is 0 Å². The van der Waals surface area contributed by atoms with Gasteiger partial charge in [-0.3, -0.25) is 0 Å². The fraction of sp³-hybridized carbons (Fsp3) is 0.647. The van der Waals surface area contributed by atoms with E-state index in [2.05, 4.69) is 0 Å². The second-order valence-corrected chi connectivity index (χ2v) is 8.56. The molecule has 0 bridgehead atoms. The second kappa shape index (κ2) is 6.51. The standard InChI is InChI=1S/C17H25NO4S/c1-12-6-7-14(10-13(12)2)23(20,21)18-8-9-22-11-16(18)15-4-3-5-17(15)19/h6-7,10,15-17,19H,3-5,8-9,11H2,1-2H3/t15-,16-,17+/m1/s1. The quantitative estimate of drug-likeness (QED) is 0.913. The molecule has 0 spiro atoms. The van der Waals surface area contributed by atoms with Crippen LogP contribution in [0.1, 0.15) is 30.4 Å². The van der Waals surface area contributed by atoms with E-state index in [4.69, 9.17) is 4.74 Å². The largest absolute Gasteiger partial charge is 0.393 e. The molecule has 0 amide bonds. The second-order valence-electron chi connectivity index (χ2n) is 6.67. The smallest absolute Gasteiger partial charge is 0.243 e. The molecule has 1 aromatic rings. The van der Waals surface area contributed by atoms with Crippen molar-refractivity contribution in [1.82, 2.24) is 4.31 Å². The molecule has 1 aromatic carbocycles. The molecule has 0 unspecified atom stereocenters. The summed E-state index contributed by atoms with van der Waals surface area (Å²) in [5.41, 5.74) is 2.05. The number of hydrogen-bond donors (Lipinski definition) is 1. The van der Waals surface area contributed by atoms with Gasteiger partial charge in [-0.2, -0.15) is 4.31 Å². The summed E-state index contributed by atoms with van der Waals surface area (Å²) in [4.78, 5) is 0.333. The predicted molar refractivity (Wildman–Crippen MR) is 87.8 cm³/mol. The number of ether oxygens (including phenoxy) is 1. The summed E-state index contributed by atoms with van der Waals surface area (Å²) < 4.78 is 33.3. The van der Waals surface area contributed by atoms with Crippen LogP contribution in [0.15, 0.2) is 23.1 Å². The van der Waals surface area contributed by atoms with Crippen molar-refractivity contribution in [2.24, 2.45) is 5.92 Å². The van der Waals surface area contributed by atoms with Crippen molar-refractivity contribution in [3.8, 4) is 0 Å². The van der Waals surface area contributed by atoms with Crippen molar-refractivity contribution < 1.29 is 18.3 Å². The fourth-order valence-electron chi connectivity index (χ4n) is 3.67. The van der Waals surface area contributed by atoms with Crippen LogP contribution in [0.3, 0.4) is 0 Å². The minimum absolute atomic E-state index is 0.0309. The zero-order valence-electron chi connectivity index (χ0n) is 13.7. The van der Waals surface area contributed by atoms with Crippen molar-refractivity contribution in [2.45, 2.75) is 50.2 Å². The molecule has 1 saturated carbocycles. The highest BCUT2D eigenvalue weighted by Gasteiger charge is 2.42. The van der Waals surface area contributed by atoms with Gasteiger partial charge < -0.3 is 9.84 Å². The van der Waals surface area contributed by atoms with Crippen LogP contribution in [0, 0.1) is 19.8 Å². The Hall–Kier alpha value is -0.950. The van der Waals surface area contributed by atoms with Crippen LogP contribution in [0.5, 0.6) is 0 Å². The van der Waals surface area contributed by atoms with Crippen LogP contribution < -0.4 is 0 Å². The summed E-state index contributed by atoms with van der Waals surface area (Å²) in [5.74, 6) is -0.0309. The van der Waals surface area contributed by atoms with Crippen LogP contribution in [0.2, 0.25) is 0 Å². The van der Waals surface area contributed by atoms with Gasteiger partial charge in [0, 0.05) is 12.5 Å². The molecule has 6 heteroatoms. The number of aryl methyl sites for hydroxylation is 2. The van der Waals surface area contributed by atoms with E-state index in [0.29, 0.717) is 24.7 Å². The number of aliphatic hydroxyl groups is 1. The average molecular weight is 339 g/mol. The Balaban J connectivity index is 1.93. The predicted octanol–water partition coefficient (Wildman–Crippen LogP) is 1.85. The third-order valence-electron chi connectivity index (χ3n) is 5.23. The molecule has 1 heterocycles. The highest BCUT2D eigenvalue weighted by atomic mass is 32.2. The summed E-state index contributed by atoms with van der Waals surface area (Å²) in [6, 6.07) is 4.99. The molecule has 1 aliphatic carbocycles. The third kappa shape index (κ3) is 3.18. The van der Waals surface area contributed by atoms with Crippen LogP contribution in [-0.4, -0.2) is 49.7 Å². The molecule has 1 N–H and O–H groups in total. The summed E-state index contributed by atoms with van der Waals surface area (Å²) in [7, 11) is -3.57. The highest BCUT2D eigenvalue weighted by molar-refractivity contribution is 7.89. The molecule has 1 aliphatic heterocycles. The lowest BCUT2D eigenvalue weighted by Gasteiger charge is -2.39. The van der Waals surface area contributed by atoms with Crippen molar-refractivity contribution in [1.29, 1.82) is 0 Å². The Kier molecular flexibility index (Phi) is 4.78. The first kappa shape index (κ1) is 16.9. The number of nitrogens with zero attached hydrogens (tertiary/aromatic N) is 1. The first-order valence-corrected chi connectivity index (χ1v) is 9.70. The topological polar surface area (TPSA) is 66.8 Å². The number of benzene rings is 1. The van der Waals surface area contributed by atoms with E-state index in [0.717, 1.165) is 30.4 Å². The highest BCUT2D eigenvalue weighted by Crippen LogP contribution is 2.34. The van der Waals surface area contributed by atoms with Gasteiger partial charge in [-0.15, -0.1) is 0 Å². The third-order valence-corrected chi connectivity index (χ3v) is 7.15. The number of hydrogen-bond acceptors (Lipinski definition) is 4. The molecule has 0 aromatic heterocycles. The van der Waals surface area contributed by atoms with E-state index >= 15 is 0 Å². The minimum Gasteiger partial charge on any atom is -0.393 e. The van der Waals surface area contributed by atoms with E-state index < -0.39 is 16.1 Å². The van der Waals surface area contributed by atoms with Gasteiger partial charge in [0.25, 0.3) is 0 Å². The molecule has 5 nitrogen and oxygen atoms in total. The Morgan fingerprint density at radius 2 is 2.00 bits per heavy atom. The van der Waals surface area contributed by atoms with Crippen molar-refractivity contribution in [3.05, 3.63) is 29.3 Å². The van der Waals surface area contributed by atoms with Gasteiger partial charge in [-0.1, -0.05) is 12.5 Å². The Morgan fingerprint density at radius 1 is 1.22 bits per heavy atom. The van der Waals surface area contributed by atoms with Crippen molar-refractivity contribution in [2.75, 3.05) is 19.8 Å². The summed E-state index contributed by atoms with van der Waals surface area (Å²) >= 11 is 0. The van der Waals surface area contributed by atoms with E-state index in [9.17, 15) is 13.5 Å². The van der Waals surface area contributed by atoms with Gasteiger partial charge in [-0.25, -0.2) is 8.42 Å². The molecule has 0 radical (unpaired) electrons. The van der Waals surface area contributed by atoms with E-state index in [1.165, 1.54) is 0 Å². The molecule has 1 saturated heterocycles. The first-order valence-electron chi connectivity index (χ1n) is 8.26. The normalized spacial score (nSPS) is 29.8. The number of sulfonamides is 1. The maximum Gasteiger partial charge on any atom is 0.243 e. The van der Waals surface area contributed by atoms with Gasteiger partial charge in [0.05, 0.1) is 30.3 Å². The fourth-order valence-corrected chi connectivity index (χ4v) is 5.40. The van der Waals surface area contributed by atoms with Crippen LogP contribution in [-0.2, 0) is 14.8 Å². The average Bonchev–Trinajstić information content (AvgIpc) is 2.96. The van der Waals surface area contributed by atoms with Crippen molar-refractivity contribution in [3.63, 3.8) is 0 Å². The molecular formula is C17H25NO4S. The number of aliphatic hydroxyl groups excluding tert-OH is 1. The van der Waals surface area contributed by atoms with Gasteiger partial charge in [0.1, 0.15) is 0 Å². The van der Waals surface area contributed by atoms with Gasteiger partial charge >= 0.3 is 0 Å². The molecule has 2 fully saturated rings. The summed E-state index contributed by atoms with van der Waals surface area (Å²) in [6.07, 6.45) is 2.12. The maximum absolute atomic E-state index is 13.1. The zero-order chi connectivity index (χ0) is 16.6. The van der Waals surface area contributed by atoms with Crippen molar-refractivity contribution >= 4 is 10.0 Å². The monoisotopic (exact) mass is 339 g/mol. The lowest BCUT2D eigenvalue weighted by Crippen LogP contribution is -2.53. The Morgan fingerprint density at radius 3 is 2.65 bits per heavy atom. The number of morpholine rings is 1. The number of rotatable bonds is 3. The lowest BCUT2D eigenvalue weighted by molar-refractivity contribution is -0.0148. The van der Waals surface area contributed by atoms with Gasteiger partial charge in [0.15, 0.2) is 0 Å². The molecule has 23 heavy (non-hydrogen) atoms. The Labute approximate surface area is 138 Å². The molecule has 128 valence electrons. The van der Waals surface area contributed by atoms with Crippen LogP contribution in [0.4, 0.5) is 0 Å². The first-order chi connectivity index (χ1) is 10.9. The van der Waals surface area contributed by atoms with E-state index in [-0.39, 0.29) is 12.0 Å². The van der Waals surface area contributed by atoms with E-state index in [1.54, 1.807) is 16.4 Å². The van der Waals surface area contributed by atoms with E-state index in [1.807, 2.05) is 19.9 Å². The van der Waals surface area contributed by atoms with Crippen LogP contribution in [0.25, 0.3) is 0 Å². The molecule has 3 rings (SSSR count). The summed E-state index contributed by atoms with van der Waals surface area (Å²) in [5, 5.41) is 10.2. The SMILES string of the molecule is Cc1ccc(S(=O)(=O)N2CCOC[C@@H]2[C@H]2CCC[C@@H]2O)cc1C. The maximum atomic E-state index is 13.1.